The van der Waals surface area contributed by atoms with Gasteiger partial charge in [0.25, 0.3) is 0 Å². The van der Waals surface area contributed by atoms with Crippen LogP contribution >= 0.6 is 0 Å². The van der Waals surface area contributed by atoms with Crippen LogP contribution in [0.3, 0.4) is 0 Å². The third-order valence-electron chi connectivity index (χ3n) is 2.47. The van der Waals surface area contributed by atoms with Gasteiger partial charge in [0.05, 0.1) is 5.92 Å². The summed E-state index contributed by atoms with van der Waals surface area (Å²) in [5, 5.41) is 18.1. The number of rotatable bonds is 3. The molecular formula is C15H17FeO3-. The molecule has 0 radical (unpaired) electrons. The SMILES string of the molecule is CC(CC(O)=C1C=CC=C1)C(=O)O.[Fe].c1cc[cH-]c1. The van der Waals surface area contributed by atoms with Crippen LogP contribution < -0.4 is 0 Å². The van der Waals surface area contributed by atoms with E-state index in [1.165, 1.54) is 0 Å². The molecule has 0 aliphatic heterocycles. The van der Waals surface area contributed by atoms with Gasteiger partial charge in [0.15, 0.2) is 0 Å². The molecule has 1 unspecified atom stereocenters. The van der Waals surface area contributed by atoms with Crippen molar-refractivity contribution in [3.05, 3.63) is 66.0 Å². The maximum absolute atomic E-state index is 10.5. The Morgan fingerprint density at radius 2 is 1.74 bits per heavy atom. The first-order valence-electron chi connectivity index (χ1n) is 5.77. The molecule has 0 fully saturated rings. The number of hydrogen-bond acceptors (Lipinski definition) is 2. The van der Waals surface area contributed by atoms with E-state index in [0.717, 1.165) is 0 Å². The van der Waals surface area contributed by atoms with Crippen molar-refractivity contribution < 1.29 is 32.1 Å². The average Bonchev–Trinajstić information content (AvgIpc) is 3.05. The van der Waals surface area contributed by atoms with Crippen LogP contribution in [0.15, 0.2) is 66.0 Å². The Hall–Kier alpha value is -1.64. The second-order valence-corrected chi connectivity index (χ2v) is 4.03. The summed E-state index contributed by atoms with van der Waals surface area (Å²) in [5.74, 6) is -1.30. The molecule has 104 valence electrons. The molecule has 4 heteroatoms. The molecule has 0 heterocycles. The molecule has 0 saturated carbocycles. The third kappa shape index (κ3) is 6.75. The van der Waals surface area contributed by atoms with Crippen molar-refractivity contribution in [2.24, 2.45) is 5.92 Å². The van der Waals surface area contributed by atoms with E-state index in [1.807, 2.05) is 30.3 Å². The minimum atomic E-state index is -0.891. The first-order chi connectivity index (χ1) is 8.61. The van der Waals surface area contributed by atoms with Crippen molar-refractivity contribution in [2.45, 2.75) is 13.3 Å². The van der Waals surface area contributed by atoms with Gasteiger partial charge in [-0.3, -0.25) is 4.79 Å². The van der Waals surface area contributed by atoms with Crippen LogP contribution in [0.4, 0.5) is 0 Å². The fourth-order valence-electron chi connectivity index (χ4n) is 1.38. The molecule has 1 atom stereocenters. The topological polar surface area (TPSA) is 57.5 Å². The largest absolute Gasteiger partial charge is 0.512 e. The van der Waals surface area contributed by atoms with Crippen LogP contribution in [0.25, 0.3) is 0 Å². The zero-order chi connectivity index (χ0) is 13.4. The van der Waals surface area contributed by atoms with E-state index >= 15 is 0 Å². The number of allylic oxidation sites excluding steroid dienone is 6. The van der Waals surface area contributed by atoms with E-state index < -0.39 is 11.9 Å². The second kappa shape index (κ2) is 9.31. The molecule has 0 amide bonds. The van der Waals surface area contributed by atoms with E-state index in [9.17, 15) is 9.90 Å². The van der Waals surface area contributed by atoms with Gasteiger partial charge in [-0.15, -0.1) is 0 Å². The van der Waals surface area contributed by atoms with Crippen LogP contribution in [0.2, 0.25) is 0 Å². The number of aliphatic carboxylic acids is 1. The number of carboxylic acid groups (broad SMARTS) is 1. The number of carboxylic acids is 1. The van der Waals surface area contributed by atoms with Gasteiger partial charge in [0.1, 0.15) is 5.76 Å². The van der Waals surface area contributed by atoms with E-state index in [-0.39, 0.29) is 29.2 Å². The Morgan fingerprint density at radius 1 is 1.21 bits per heavy atom. The zero-order valence-corrected chi connectivity index (χ0v) is 11.7. The molecule has 0 saturated heterocycles. The van der Waals surface area contributed by atoms with E-state index in [0.29, 0.717) is 5.57 Å². The van der Waals surface area contributed by atoms with Crippen LogP contribution in [0.1, 0.15) is 13.3 Å². The number of carbonyl (C=O) groups is 1. The summed E-state index contributed by atoms with van der Waals surface area (Å²) in [5.41, 5.74) is 0.702. The number of aliphatic hydroxyl groups excluding tert-OH is 1. The van der Waals surface area contributed by atoms with Gasteiger partial charge in [-0.1, -0.05) is 31.2 Å². The van der Waals surface area contributed by atoms with Crippen LogP contribution in [0.5, 0.6) is 0 Å². The molecule has 0 spiro atoms. The van der Waals surface area contributed by atoms with Crippen molar-refractivity contribution in [1.82, 2.24) is 0 Å². The minimum absolute atomic E-state index is 0. The summed E-state index contributed by atoms with van der Waals surface area (Å²) in [6.45, 7) is 1.57. The average molecular weight is 301 g/mol. The van der Waals surface area contributed by atoms with Gasteiger partial charge in [-0.05, 0) is 0 Å². The van der Waals surface area contributed by atoms with Gasteiger partial charge < -0.3 is 10.2 Å². The van der Waals surface area contributed by atoms with Crippen LogP contribution in [-0.2, 0) is 21.9 Å². The number of hydrogen-bond donors (Lipinski definition) is 2. The summed E-state index contributed by atoms with van der Waals surface area (Å²) in [7, 11) is 0. The van der Waals surface area contributed by atoms with E-state index in [1.54, 1.807) is 31.2 Å². The maximum Gasteiger partial charge on any atom is 0.306 e. The van der Waals surface area contributed by atoms with Crippen molar-refractivity contribution in [3.63, 3.8) is 0 Å². The van der Waals surface area contributed by atoms with Gasteiger partial charge in [0, 0.05) is 29.1 Å². The van der Waals surface area contributed by atoms with Gasteiger partial charge in [-0.25, -0.2) is 12.1 Å². The molecule has 1 aromatic carbocycles. The summed E-state index contributed by atoms with van der Waals surface area (Å²) < 4.78 is 0. The fourth-order valence-corrected chi connectivity index (χ4v) is 1.38. The van der Waals surface area contributed by atoms with Crippen LogP contribution in [0, 0.1) is 5.92 Å². The molecule has 0 aromatic heterocycles. The Kier molecular flexibility index (Phi) is 8.51. The molecule has 1 aromatic rings. The maximum atomic E-state index is 10.5. The van der Waals surface area contributed by atoms with Gasteiger partial charge in [-0.2, -0.15) is 18.2 Å². The summed E-state index contributed by atoms with van der Waals surface area (Å²) in [6, 6.07) is 10.0. The van der Waals surface area contributed by atoms with Crippen molar-refractivity contribution in [2.75, 3.05) is 0 Å². The van der Waals surface area contributed by atoms with E-state index in [4.69, 9.17) is 5.11 Å². The zero-order valence-electron chi connectivity index (χ0n) is 10.6. The molecule has 2 rings (SSSR count). The van der Waals surface area contributed by atoms with Gasteiger partial charge >= 0.3 is 5.97 Å². The normalized spacial score (nSPS) is 13.2. The molecule has 2 N–H and O–H groups in total. The fraction of sp³-hybridized carbons (Fsp3) is 0.200. The molecule has 3 nitrogen and oxygen atoms in total. The Morgan fingerprint density at radius 3 is 2.11 bits per heavy atom. The van der Waals surface area contributed by atoms with Crippen molar-refractivity contribution in [1.29, 1.82) is 0 Å². The Balaban J connectivity index is 0.000000454. The molecule has 0 bridgehead atoms. The Bertz CT molecular complexity index is 425. The molecular weight excluding hydrogens is 284 g/mol. The number of aliphatic hydroxyl groups is 1. The third-order valence-corrected chi connectivity index (χ3v) is 2.47. The predicted molar refractivity (Wildman–Crippen MR) is 71.4 cm³/mol. The molecule has 19 heavy (non-hydrogen) atoms. The van der Waals surface area contributed by atoms with Crippen molar-refractivity contribution >= 4 is 5.97 Å². The Labute approximate surface area is 123 Å². The first-order valence-corrected chi connectivity index (χ1v) is 5.77. The second-order valence-electron chi connectivity index (χ2n) is 4.03. The molecule has 1 aliphatic carbocycles. The quantitative estimate of drug-likeness (QED) is 0.511. The smallest absolute Gasteiger partial charge is 0.306 e. The minimum Gasteiger partial charge on any atom is -0.512 e. The predicted octanol–water partition coefficient (Wildman–Crippen LogP) is 3.44. The summed E-state index contributed by atoms with van der Waals surface area (Å²) in [4.78, 5) is 10.5. The van der Waals surface area contributed by atoms with Crippen molar-refractivity contribution in [3.8, 4) is 0 Å². The van der Waals surface area contributed by atoms with E-state index in [2.05, 4.69) is 0 Å². The monoisotopic (exact) mass is 301 g/mol. The molecule has 1 aliphatic rings. The summed E-state index contributed by atoms with van der Waals surface area (Å²) in [6.07, 6.45) is 7.29. The first kappa shape index (κ1) is 17.4. The summed E-state index contributed by atoms with van der Waals surface area (Å²) >= 11 is 0. The van der Waals surface area contributed by atoms with Gasteiger partial charge in [0.2, 0.25) is 0 Å². The standard InChI is InChI=1S/C10H12O3.C5H5.Fe/c1-7(10(12)13)6-9(11)8-4-2-3-5-8;1-2-4-5-3-1;/h2-5,7,11H,6H2,1H3,(H,12,13);1-5H;/q;-1;. The van der Waals surface area contributed by atoms with Crippen LogP contribution in [-0.4, -0.2) is 16.2 Å².